The highest BCUT2D eigenvalue weighted by Gasteiger charge is 2.29. The number of hydrogen-bond donors (Lipinski definition) is 2. The maximum Gasteiger partial charge on any atom is 0.244 e. The minimum absolute atomic E-state index is 0.0418. The molecule has 1 aliphatic rings. The molecule has 16 heavy (non-hydrogen) atoms. The zero-order valence-electron chi connectivity index (χ0n) is 9.86. The largest absolute Gasteiger partial charge is 0.366 e. The number of hydrogen-bond acceptors (Lipinski definition) is 2. The minimum atomic E-state index is -0.0418. The summed E-state index contributed by atoms with van der Waals surface area (Å²) in [5.41, 5.74) is 0.971. The standard InChI is InChI=1S/C12H19N3O/c1-9-3-4-11(13-2)12(16)15(8-9)10-5-6-14-7-10/h5-7,9,11,13-14H,3-4,8H2,1-2H3. The van der Waals surface area contributed by atoms with Crippen LogP contribution in [0.1, 0.15) is 19.8 Å². The number of amides is 1. The van der Waals surface area contributed by atoms with Gasteiger partial charge >= 0.3 is 0 Å². The van der Waals surface area contributed by atoms with E-state index in [0.29, 0.717) is 5.92 Å². The highest BCUT2D eigenvalue weighted by molar-refractivity contribution is 5.97. The molecule has 2 N–H and O–H groups in total. The molecule has 1 aromatic heterocycles. The summed E-state index contributed by atoms with van der Waals surface area (Å²) in [6, 6.07) is 1.91. The summed E-state index contributed by atoms with van der Waals surface area (Å²) in [4.78, 5) is 17.2. The number of carbonyl (C=O) groups excluding carboxylic acids is 1. The van der Waals surface area contributed by atoms with Gasteiger partial charge in [-0.15, -0.1) is 0 Å². The molecule has 4 heteroatoms. The first-order chi connectivity index (χ1) is 7.72. The fourth-order valence-electron chi connectivity index (χ4n) is 2.24. The Morgan fingerprint density at radius 1 is 1.50 bits per heavy atom. The van der Waals surface area contributed by atoms with Gasteiger partial charge < -0.3 is 15.2 Å². The van der Waals surface area contributed by atoms with E-state index >= 15 is 0 Å². The molecule has 0 spiro atoms. The van der Waals surface area contributed by atoms with Gasteiger partial charge in [0.25, 0.3) is 0 Å². The van der Waals surface area contributed by atoms with Gasteiger partial charge in [0.15, 0.2) is 0 Å². The molecule has 2 heterocycles. The van der Waals surface area contributed by atoms with Crippen LogP contribution in [0.5, 0.6) is 0 Å². The van der Waals surface area contributed by atoms with E-state index < -0.39 is 0 Å². The SMILES string of the molecule is CNC1CCC(C)CN(c2cc[nH]c2)C1=O. The van der Waals surface area contributed by atoms with Crippen LogP contribution in [-0.2, 0) is 4.79 Å². The van der Waals surface area contributed by atoms with Crippen molar-refractivity contribution in [3.63, 3.8) is 0 Å². The van der Waals surface area contributed by atoms with E-state index in [1.54, 1.807) is 0 Å². The van der Waals surface area contributed by atoms with E-state index in [-0.39, 0.29) is 11.9 Å². The van der Waals surface area contributed by atoms with Crippen LogP contribution in [0, 0.1) is 5.92 Å². The number of rotatable bonds is 2. The molecule has 0 radical (unpaired) electrons. The average molecular weight is 221 g/mol. The van der Waals surface area contributed by atoms with Crippen LogP contribution in [-0.4, -0.2) is 30.5 Å². The molecule has 88 valence electrons. The van der Waals surface area contributed by atoms with Gasteiger partial charge in [-0.25, -0.2) is 0 Å². The Bertz CT molecular complexity index is 347. The van der Waals surface area contributed by atoms with E-state index in [9.17, 15) is 4.79 Å². The van der Waals surface area contributed by atoms with Crippen molar-refractivity contribution >= 4 is 11.6 Å². The molecule has 1 aliphatic heterocycles. The number of likely N-dealkylation sites (N-methyl/N-ethyl adjacent to an activating group) is 1. The second kappa shape index (κ2) is 4.70. The third kappa shape index (κ3) is 2.11. The summed E-state index contributed by atoms with van der Waals surface area (Å²) in [6.07, 6.45) is 5.75. The summed E-state index contributed by atoms with van der Waals surface area (Å²) >= 11 is 0. The number of anilines is 1. The molecule has 1 fully saturated rings. The number of aromatic amines is 1. The maximum atomic E-state index is 12.3. The quantitative estimate of drug-likeness (QED) is 0.792. The molecular formula is C12H19N3O. The highest BCUT2D eigenvalue weighted by atomic mass is 16.2. The molecule has 2 unspecified atom stereocenters. The summed E-state index contributed by atoms with van der Waals surface area (Å²) < 4.78 is 0. The van der Waals surface area contributed by atoms with Crippen molar-refractivity contribution in [1.29, 1.82) is 0 Å². The molecule has 2 atom stereocenters. The fraction of sp³-hybridized carbons (Fsp3) is 0.583. The van der Waals surface area contributed by atoms with Crippen LogP contribution < -0.4 is 10.2 Å². The highest BCUT2D eigenvalue weighted by Crippen LogP contribution is 2.22. The predicted octanol–water partition coefficient (Wildman–Crippen LogP) is 1.37. The Kier molecular flexibility index (Phi) is 3.29. The van der Waals surface area contributed by atoms with Crippen LogP contribution >= 0.6 is 0 Å². The third-order valence-corrected chi connectivity index (χ3v) is 3.25. The van der Waals surface area contributed by atoms with Crippen molar-refractivity contribution in [2.24, 2.45) is 5.92 Å². The number of H-pyrrole nitrogens is 1. The summed E-state index contributed by atoms with van der Waals surface area (Å²) in [7, 11) is 1.86. The smallest absolute Gasteiger partial charge is 0.244 e. The van der Waals surface area contributed by atoms with Crippen LogP contribution in [0.15, 0.2) is 18.5 Å². The zero-order chi connectivity index (χ0) is 11.5. The molecule has 1 saturated heterocycles. The monoisotopic (exact) mass is 221 g/mol. The van der Waals surface area contributed by atoms with Gasteiger partial charge in [-0.1, -0.05) is 6.92 Å². The minimum Gasteiger partial charge on any atom is -0.366 e. The predicted molar refractivity (Wildman–Crippen MR) is 64.4 cm³/mol. The first-order valence-corrected chi connectivity index (χ1v) is 5.84. The molecule has 0 aromatic carbocycles. The molecular weight excluding hydrogens is 202 g/mol. The van der Waals surface area contributed by atoms with Crippen LogP contribution in [0.25, 0.3) is 0 Å². The van der Waals surface area contributed by atoms with Crippen molar-refractivity contribution < 1.29 is 4.79 Å². The molecule has 0 bridgehead atoms. The Hall–Kier alpha value is -1.29. The van der Waals surface area contributed by atoms with E-state index in [4.69, 9.17) is 0 Å². The number of nitrogens with zero attached hydrogens (tertiary/aromatic N) is 1. The first kappa shape index (κ1) is 11.2. The van der Waals surface area contributed by atoms with Gasteiger partial charge in [-0.3, -0.25) is 4.79 Å². The molecule has 1 amide bonds. The van der Waals surface area contributed by atoms with E-state index in [0.717, 1.165) is 25.1 Å². The number of aromatic nitrogens is 1. The topological polar surface area (TPSA) is 48.1 Å². The Morgan fingerprint density at radius 2 is 2.31 bits per heavy atom. The normalized spacial score (nSPS) is 26.9. The van der Waals surface area contributed by atoms with Crippen molar-refractivity contribution in [2.45, 2.75) is 25.8 Å². The van der Waals surface area contributed by atoms with Crippen LogP contribution in [0.3, 0.4) is 0 Å². The van der Waals surface area contributed by atoms with Gasteiger partial charge in [0.2, 0.25) is 5.91 Å². The molecule has 1 aromatic rings. The van der Waals surface area contributed by atoms with Crippen molar-refractivity contribution in [2.75, 3.05) is 18.5 Å². The van der Waals surface area contributed by atoms with Gasteiger partial charge in [0.05, 0.1) is 11.7 Å². The summed E-state index contributed by atoms with van der Waals surface area (Å²) in [5.74, 6) is 0.739. The Labute approximate surface area is 96.0 Å². The average Bonchev–Trinajstić information content (AvgIpc) is 2.75. The molecule has 0 saturated carbocycles. The van der Waals surface area contributed by atoms with Gasteiger partial charge in [0.1, 0.15) is 0 Å². The zero-order valence-corrected chi connectivity index (χ0v) is 9.86. The lowest BCUT2D eigenvalue weighted by Crippen LogP contribution is -2.44. The van der Waals surface area contributed by atoms with E-state index in [1.807, 2.05) is 30.4 Å². The first-order valence-electron chi connectivity index (χ1n) is 5.84. The maximum absolute atomic E-state index is 12.3. The van der Waals surface area contributed by atoms with Crippen molar-refractivity contribution in [1.82, 2.24) is 10.3 Å². The summed E-state index contributed by atoms with van der Waals surface area (Å²) in [5, 5.41) is 3.10. The molecule has 2 rings (SSSR count). The van der Waals surface area contributed by atoms with Crippen molar-refractivity contribution in [3.8, 4) is 0 Å². The molecule has 4 nitrogen and oxygen atoms in total. The molecule has 0 aliphatic carbocycles. The lowest BCUT2D eigenvalue weighted by molar-refractivity contribution is -0.120. The Balaban J connectivity index is 2.23. The van der Waals surface area contributed by atoms with Crippen LogP contribution in [0.4, 0.5) is 5.69 Å². The van der Waals surface area contributed by atoms with Crippen molar-refractivity contribution in [3.05, 3.63) is 18.5 Å². The second-order valence-electron chi connectivity index (χ2n) is 4.54. The lowest BCUT2D eigenvalue weighted by atomic mass is 10.0. The fourth-order valence-corrected chi connectivity index (χ4v) is 2.24. The van der Waals surface area contributed by atoms with E-state index in [2.05, 4.69) is 17.2 Å². The number of nitrogens with one attached hydrogen (secondary N) is 2. The van der Waals surface area contributed by atoms with Gasteiger partial charge in [-0.2, -0.15) is 0 Å². The third-order valence-electron chi connectivity index (χ3n) is 3.25. The van der Waals surface area contributed by atoms with Gasteiger partial charge in [-0.05, 0) is 31.9 Å². The Morgan fingerprint density at radius 3 is 2.94 bits per heavy atom. The number of carbonyl (C=O) groups is 1. The second-order valence-corrected chi connectivity index (χ2v) is 4.54. The van der Waals surface area contributed by atoms with Crippen LogP contribution in [0.2, 0.25) is 0 Å². The van der Waals surface area contributed by atoms with Gasteiger partial charge in [0, 0.05) is 18.9 Å². The summed E-state index contributed by atoms with van der Waals surface area (Å²) in [6.45, 7) is 3.01. The lowest BCUT2D eigenvalue weighted by Gasteiger charge is -2.24. The van der Waals surface area contributed by atoms with E-state index in [1.165, 1.54) is 0 Å².